The Balaban J connectivity index is 2.85. The maximum atomic E-state index is 3.34. The molecular formula is C4H8N2. The summed E-state index contributed by atoms with van der Waals surface area (Å²) < 4.78 is 0. The van der Waals surface area contributed by atoms with Crippen molar-refractivity contribution in [3.63, 3.8) is 0 Å². The third kappa shape index (κ3) is 3.21. The zero-order valence-electron chi connectivity index (χ0n) is 3.81. The van der Waals surface area contributed by atoms with E-state index in [0.717, 1.165) is 0 Å². The number of hydrogen-bond acceptors (Lipinski definition) is 2. The van der Waals surface area contributed by atoms with E-state index in [0.29, 0.717) is 0 Å². The first kappa shape index (κ1) is 5.21. The van der Waals surface area contributed by atoms with E-state index in [2.05, 4.69) is 17.2 Å². The number of nitrogens with zero attached hydrogens (tertiary/aromatic N) is 1. The van der Waals surface area contributed by atoms with E-state index >= 15 is 0 Å². The molecule has 0 rings (SSSR count). The summed E-state index contributed by atoms with van der Waals surface area (Å²) in [5, 5.41) is 3.34. The van der Waals surface area contributed by atoms with Crippen LogP contribution < -0.4 is 5.43 Å². The molecule has 2 heteroatoms. The fourth-order valence-electron chi connectivity index (χ4n) is 0.127. The molecule has 0 aliphatic rings. The minimum Gasteiger partial charge on any atom is -0.287 e. The summed E-state index contributed by atoms with van der Waals surface area (Å²) in [5.74, 6) is 0. The van der Waals surface area contributed by atoms with Crippen molar-refractivity contribution in [1.29, 1.82) is 0 Å². The molecule has 34 valence electrons. The molecule has 6 heavy (non-hydrogen) atoms. The SMILES string of the molecule is C=NNC=CC. The maximum Gasteiger partial charge on any atom is 0.0156 e. The van der Waals surface area contributed by atoms with Crippen LogP contribution in [0.1, 0.15) is 6.92 Å². The number of nitrogens with one attached hydrogen (secondary N) is 1. The van der Waals surface area contributed by atoms with Gasteiger partial charge in [-0.2, -0.15) is 5.10 Å². The summed E-state index contributed by atoms with van der Waals surface area (Å²) in [6.45, 7) is 5.09. The smallest absolute Gasteiger partial charge is 0.0156 e. The van der Waals surface area contributed by atoms with Gasteiger partial charge in [0.15, 0.2) is 0 Å². The highest BCUT2D eigenvalue weighted by Gasteiger charge is 1.51. The fraction of sp³-hybridized carbons (Fsp3) is 0.250. The summed E-state index contributed by atoms with van der Waals surface area (Å²) in [6, 6.07) is 0. The van der Waals surface area contributed by atoms with Crippen LogP contribution in [0, 0.1) is 0 Å². The van der Waals surface area contributed by atoms with Crippen molar-refractivity contribution < 1.29 is 0 Å². The molecule has 0 atom stereocenters. The largest absolute Gasteiger partial charge is 0.287 e. The van der Waals surface area contributed by atoms with Gasteiger partial charge in [0.1, 0.15) is 0 Å². The first-order chi connectivity index (χ1) is 2.91. The molecular weight excluding hydrogens is 76.1 g/mol. The van der Waals surface area contributed by atoms with Crippen LogP contribution in [0.4, 0.5) is 0 Å². The molecule has 0 unspecified atom stereocenters. The number of hydrogen-bond donors (Lipinski definition) is 1. The number of hydrazone groups is 1. The lowest BCUT2D eigenvalue weighted by molar-refractivity contribution is 0.979. The molecule has 0 saturated heterocycles. The second-order valence-corrected chi connectivity index (χ2v) is 0.787. The zero-order valence-corrected chi connectivity index (χ0v) is 3.81. The van der Waals surface area contributed by atoms with Crippen LogP contribution in [0.15, 0.2) is 17.4 Å². The van der Waals surface area contributed by atoms with Crippen molar-refractivity contribution in [1.82, 2.24) is 5.43 Å². The normalized spacial score (nSPS) is 8.83. The minimum absolute atomic E-state index is 1.70. The molecule has 0 spiro atoms. The number of allylic oxidation sites excluding steroid dienone is 1. The van der Waals surface area contributed by atoms with Gasteiger partial charge in [-0.25, -0.2) is 0 Å². The monoisotopic (exact) mass is 84.1 g/mol. The third-order valence-corrected chi connectivity index (χ3v) is 0.332. The lowest BCUT2D eigenvalue weighted by atomic mass is 10.7. The quantitative estimate of drug-likeness (QED) is 0.387. The molecule has 0 radical (unpaired) electrons. The average molecular weight is 84.1 g/mol. The summed E-state index contributed by atoms with van der Waals surface area (Å²) >= 11 is 0. The Morgan fingerprint density at radius 1 is 1.83 bits per heavy atom. The standard InChI is InChI=1S/C4H8N2/c1-3-4-6-5-2/h3-4,6H,2H2,1H3. The average Bonchev–Trinajstić information content (AvgIpc) is 1.61. The van der Waals surface area contributed by atoms with Crippen molar-refractivity contribution in [2.45, 2.75) is 6.92 Å². The van der Waals surface area contributed by atoms with Gasteiger partial charge in [-0.1, -0.05) is 6.08 Å². The van der Waals surface area contributed by atoms with Gasteiger partial charge in [0.25, 0.3) is 0 Å². The van der Waals surface area contributed by atoms with E-state index in [4.69, 9.17) is 0 Å². The fourth-order valence-corrected chi connectivity index (χ4v) is 0.127. The molecule has 0 aliphatic heterocycles. The lowest BCUT2D eigenvalue weighted by Gasteiger charge is -1.78. The molecule has 0 aromatic rings. The molecule has 0 aromatic heterocycles. The van der Waals surface area contributed by atoms with E-state index in [1.165, 1.54) is 0 Å². The van der Waals surface area contributed by atoms with E-state index in [-0.39, 0.29) is 0 Å². The summed E-state index contributed by atoms with van der Waals surface area (Å²) in [4.78, 5) is 0. The third-order valence-electron chi connectivity index (χ3n) is 0.332. The summed E-state index contributed by atoms with van der Waals surface area (Å²) in [5.41, 5.74) is 2.53. The van der Waals surface area contributed by atoms with Crippen molar-refractivity contribution in [3.05, 3.63) is 12.3 Å². The topological polar surface area (TPSA) is 24.4 Å². The Labute approximate surface area is 37.6 Å². The Hall–Kier alpha value is -0.790. The van der Waals surface area contributed by atoms with Crippen molar-refractivity contribution in [2.24, 2.45) is 5.10 Å². The van der Waals surface area contributed by atoms with Crippen LogP contribution in [-0.4, -0.2) is 6.72 Å². The molecule has 0 saturated carbocycles. The van der Waals surface area contributed by atoms with Gasteiger partial charge in [0.2, 0.25) is 0 Å². The summed E-state index contributed by atoms with van der Waals surface area (Å²) in [7, 11) is 0. The lowest BCUT2D eigenvalue weighted by Crippen LogP contribution is -1.87. The first-order valence-electron chi connectivity index (χ1n) is 1.74. The van der Waals surface area contributed by atoms with Gasteiger partial charge < -0.3 is 0 Å². The Morgan fingerprint density at radius 2 is 2.50 bits per heavy atom. The highest BCUT2D eigenvalue weighted by Crippen LogP contribution is 1.58. The molecule has 0 aromatic carbocycles. The molecule has 2 nitrogen and oxygen atoms in total. The van der Waals surface area contributed by atoms with E-state index in [9.17, 15) is 0 Å². The molecule has 0 bridgehead atoms. The van der Waals surface area contributed by atoms with Crippen LogP contribution in [0.2, 0.25) is 0 Å². The molecule has 1 N–H and O–H groups in total. The van der Waals surface area contributed by atoms with Crippen molar-refractivity contribution in [2.75, 3.05) is 0 Å². The maximum absolute atomic E-state index is 3.34. The zero-order chi connectivity index (χ0) is 4.83. The second-order valence-electron chi connectivity index (χ2n) is 0.787. The second kappa shape index (κ2) is 4.21. The van der Waals surface area contributed by atoms with E-state index in [1.807, 2.05) is 13.0 Å². The van der Waals surface area contributed by atoms with E-state index in [1.54, 1.807) is 6.20 Å². The highest BCUT2D eigenvalue weighted by molar-refractivity contribution is 5.22. The van der Waals surface area contributed by atoms with Gasteiger partial charge in [0, 0.05) is 12.9 Å². The molecule has 0 heterocycles. The number of rotatable bonds is 2. The van der Waals surface area contributed by atoms with Crippen molar-refractivity contribution in [3.8, 4) is 0 Å². The predicted octanol–water partition coefficient (Wildman–Crippen LogP) is 0.725. The van der Waals surface area contributed by atoms with Gasteiger partial charge in [0.05, 0.1) is 0 Å². The van der Waals surface area contributed by atoms with Gasteiger partial charge in [-0.3, -0.25) is 5.43 Å². The predicted molar refractivity (Wildman–Crippen MR) is 27.5 cm³/mol. The minimum atomic E-state index is 1.70. The molecule has 0 amide bonds. The highest BCUT2D eigenvalue weighted by atomic mass is 15.3. The van der Waals surface area contributed by atoms with E-state index < -0.39 is 0 Å². The Morgan fingerprint density at radius 3 is 2.67 bits per heavy atom. The van der Waals surface area contributed by atoms with Crippen LogP contribution >= 0.6 is 0 Å². The van der Waals surface area contributed by atoms with Crippen LogP contribution in [0.5, 0.6) is 0 Å². The van der Waals surface area contributed by atoms with Gasteiger partial charge in [-0.15, -0.1) is 0 Å². The summed E-state index contributed by atoms with van der Waals surface area (Å²) in [6.07, 6.45) is 3.54. The van der Waals surface area contributed by atoms with Gasteiger partial charge >= 0.3 is 0 Å². The first-order valence-corrected chi connectivity index (χ1v) is 1.74. The Kier molecular flexibility index (Phi) is 3.66. The molecule has 0 fully saturated rings. The van der Waals surface area contributed by atoms with Crippen molar-refractivity contribution >= 4 is 6.72 Å². The van der Waals surface area contributed by atoms with Crippen LogP contribution in [-0.2, 0) is 0 Å². The van der Waals surface area contributed by atoms with Crippen LogP contribution in [0.25, 0.3) is 0 Å². The van der Waals surface area contributed by atoms with Gasteiger partial charge in [-0.05, 0) is 6.92 Å². The Bertz CT molecular complexity index is 56.6. The van der Waals surface area contributed by atoms with Crippen LogP contribution in [0.3, 0.4) is 0 Å². The molecule has 0 aliphatic carbocycles.